The average Bonchev–Trinajstić information content (AvgIpc) is 1.96. The normalized spacial score (nSPS) is 14.1. The molecule has 0 spiro atoms. The number of nitrogens with one attached hydrogen (secondary N) is 1. The first-order valence-corrected chi connectivity index (χ1v) is 6.99. The van der Waals surface area contributed by atoms with Gasteiger partial charge < -0.3 is 10.4 Å². The maximum absolute atomic E-state index is 11.5. The Morgan fingerprint density at radius 3 is 2.12 bits per heavy atom. The fraction of sp³-hybridized carbons (Fsp3) is 0.800. The van der Waals surface area contributed by atoms with Crippen molar-refractivity contribution in [2.75, 3.05) is 11.5 Å². The van der Waals surface area contributed by atoms with Gasteiger partial charge in [0.15, 0.2) is 9.84 Å². The van der Waals surface area contributed by atoms with Crippen molar-refractivity contribution in [3.63, 3.8) is 0 Å². The summed E-state index contributed by atoms with van der Waals surface area (Å²) >= 11 is 0. The van der Waals surface area contributed by atoms with Gasteiger partial charge in [0.1, 0.15) is 5.75 Å². The SMILES string of the molecule is CC(CS(=O)(=O)CC(=O)NC(C)(C)C)C(=O)O. The molecule has 0 saturated heterocycles. The number of hydrogen-bond donors (Lipinski definition) is 2. The molecule has 0 fully saturated rings. The van der Waals surface area contributed by atoms with E-state index < -0.39 is 44.7 Å². The third kappa shape index (κ3) is 7.73. The number of amides is 1. The highest BCUT2D eigenvalue weighted by Gasteiger charge is 2.25. The van der Waals surface area contributed by atoms with E-state index >= 15 is 0 Å². The third-order valence-corrected chi connectivity index (χ3v) is 3.50. The maximum Gasteiger partial charge on any atom is 0.307 e. The van der Waals surface area contributed by atoms with Crippen LogP contribution in [-0.4, -0.2) is 42.4 Å². The third-order valence-electron chi connectivity index (χ3n) is 1.79. The molecule has 0 aliphatic heterocycles. The van der Waals surface area contributed by atoms with Crippen LogP contribution >= 0.6 is 0 Å². The predicted molar refractivity (Wildman–Crippen MR) is 63.3 cm³/mol. The molecular formula is C10H19NO5S. The topological polar surface area (TPSA) is 101 Å². The molecule has 0 aliphatic rings. The number of rotatable bonds is 5. The lowest BCUT2D eigenvalue weighted by molar-refractivity contribution is -0.140. The Morgan fingerprint density at radius 1 is 1.29 bits per heavy atom. The Balaban J connectivity index is 4.47. The van der Waals surface area contributed by atoms with E-state index in [0.717, 1.165) is 0 Å². The molecule has 7 heteroatoms. The molecule has 0 aromatic heterocycles. The Kier molecular flexibility index (Phi) is 5.12. The van der Waals surface area contributed by atoms with Crippen molar-refractivity contribution >= 4 is 21.7 Å². The largest absolute Gasteiger partial charge is 0.481 e. The first kappa shape index (κ1) is 15.9. The summed E-state index contributed by atoms with van der Waals surface area (Å²) in [5.41, 5.74) is -0.509. The van der Waals surface area contributed by atoms with Crippen LogP contribution in [0.5, 0.6) is 0 Å². The zero-order valence-electron chi connectivity index (χ0n) is 10.5. The highest BCUT2D eigenvalue weighted by atomic mass is 32.2. The van der Waals surface area contributed by atoms with Crippen LogP contribution in [0.1, 0.15) is 27.7 Å². The summed E-state index contributed by atoms with van der Waals surface area (Å²) in [4.78, 5) is 21.9. The van der Waals surface area contributed by atoms with Crippen molar-refractivity contribution < 1.29 is 23.1 Å². The van der Waals surface area contributed by atoms with Gasteiger partial charge in [0.25, 0.3) is 0 Å². The van der Waals surface area contributed by atoms with Crippen molar-refractivity contribution in [1.29, 1.82) is 0 Å². The second kappa shape index (κ2) is 5.48. The molecule has 0 aromatic rings. The number of carboxylic acid groups (broad SMARTS) is 1. The van der Waals surface area contributed by atoms with Gasteiger partial charge >= 0.3 is 5.97 Å². The van der Waals surface area contributed by atoms with Gasteiger partial charge in [0, 0.05) is 5.54 Å². The minimum Gasteiger partial charge on any atom is -0.481 e. The summed E-state index contributed by atoms with van der Waals surface area (Å²) in [6.07, 6.45) is 0. The first-order chi connectivity index (χ1) is 7.43. The number of carbonyl (C=O) groups is 2. The minimum atomic E-state index is -3.69. The van der Waals surface area contributed by atoms with Crippen LogP contribution < -0.4 is 5.32 Å². The molecule has 0 rings (SSSR count). The molecule has 100 valence electrons. The van der Waals surface area contributed by atoms with Crippen molar-refractivity contribution in [2.45, 2.75) is 33.2 Å². The molecule has 6 nitrogen and oxygen atoms in total. The lowest BCUT2D eigenvalue weighted by Gasteiger charge is -2.20. The molecule has 1 unspecified atom stereocenters. The standard InChI is InChI=1S/C10H19NO5S/c1-7(9(13)14)5-17(15,16)6-8(12)11-10(2,3)4/h7H,5-6H2,1-4H3,(H,11,12)(H,13,14). The van der Waals surface area contributed by atoms with E-state index in [4.69, 9.17) is 5.11 Å². The van der Waals surface area contributed by atoms with Crippen LogP contribution in [0.25, 0.3) is 0 Å². The van der Waals surface area contributed by atoms with Crippen LogP contribution in [-0.2, 0) is 19.4 Å². The molecule has 17 heavy (non-hydrogen) atoms. The van der Waals surface area contributed by atoms with Crippen molar-refractivity contribution in [2.24, 2.45) is 5.92 Å². The van der Waals surface area contributed by atoms with Gasteiger partial charge in [-0.1, -0.05) is 6.92 Å². The Hall–Kier alpha value is -1.11. The molecule has 0 aromatic carbocycles. The lowest BCUT2D eigenvalue weighted by Crippen LogP contribution is -2.44. The highest BCUT2D eigenvalue weighted by molar-refractivity contribution is 7.92. The van der Waals surface area contributed by atoms with Crippen LogP contribution in [0.3, 0.4) is 0 Å². The Labute approximate surface area is 101 Å². The number of hydrogen-bond acceptors (Lipinski definition) is 4. The van der Waals surface area contributed by atoms with Crippen LogP contribution in [0, 0.1) is 5.92 Å². The van der Waals surface area contributed by atoms with E-state index in [1.165, 1.54) is 6.92 Å². The van der Waals surface area contributed by atoms with Crippen molar-refractivity contribution in [3.05, 3.63) is 0 Å². The van der Waals surface area contributed by atoms with Crippen LogP contribution in [0.4, 0.5) is 0 Å². The van der Waals surface area contributed by atoms with E-state index in [0.29, 0.717) is 0 Å². The van der Waals surface area contributed by atoms with Gasteiger partial charge in [-0.2, -0.15) is 0 Å². The first-order valence-electron chi connectivity index (χ1n) is 5.17. The van der Waals surface area contributed by atoms with Gasteiger partial charge in [-0.3, -0.25) is 9.59 Å². The summed E-state index contributed by atoms with van der Waals surface area (Å²) in [6, 6.07) is 0. The van der Waals surface area contributed by atoms with E-state index in [9.17, 15) is 18.0 Å². The molecular weight excluding hydrogens is 246 g/mol. The highest BCUT2D eigenvalue weighted by Crippen LogP contribution is 2.04. The van der Waals surface area contributed by atoms with E-state index in [1.807, 2.05) is 0 Å². The van der Waals surface area contributed by atoms with Gasteiger partial charge in [-0.05, 0) is 20.8 Å². The number of sulfone groups is 1. The summed E-state index contributed by atoms with van der Waals surface area (Å²) in [7, 11) is -3.69. The fourth-order valence-electron chi connectivity index (χ4n) is 1.17. The molecule has 2 N–H and O–H groups in total. The van der Waals surface area contributed by atoms with Gasteiger partial charge in [-0.15, -0.1) is 0 Å². The fourth-order valence-corrected chi connectivity index (χ4v) is 2.66. The Morgan fingerprint density at radius 2 is 1.76 bits per heavy atom. The predicted octanol–water partition coefficient (Wildman–Crippen LogP) is 0.0366. The maximum atomic E-state index is 11.5. The smallest absolute Gasteiger partial charge is 0.307 e. The van der Waals surface area contributed by atoms with Gasteiger partial charge in [0.05, 0.1) is 11.7 Å². The zero-order valence-corrected chi connectivity index (χ0v) is 11.3. The monoisotopic (exact) mass is 265 g/mol. The van der Waals surface area contributed by atoms with Gasteiger partial charge in [-0.25, -0.2) is 8.42 Å². The second-order valence-corrected chi connectivity index (χ2v) is 7.20. The second-order valence-electron chi connectivity index (χ2n) is 5.09. The molecule has 0 saturated carbocycles. The number of carboxylic acids is 1. The minimum absolute atomic E-state index is 0.509. The average molecular weight is 265 g/mol. The zero-order chi connectivity index (χ0) is 13.9. The van der Waals surface area contributed by atoms with E-state index in [2.05, 4.69) is 5.32 Å². The Bertz CT molecular complexity index is 393. The van der Waals surface area contributed by atoms with Crippen LogP contribution in [0.2, 0.25) is 0 Å². The molecule has 0 aliphatic carbocycles. The molecule has 1 amide bonds. The molecule has 0 bridgehead atoms. The van der Waals surface area contributed by atoms with Crippen molar-refractivity contribution in [3.8, 4) is 0 Å². The summed E-state index contributed by atoms with van der Waals surface area (Å²) in [5, 5.41) is 11.1. The van der Waals surface area contributed by atoms with Gasteiger partial charge in [0.2, 0.25) is 5.91 Å². The van der Waals surface area contributed by atoms with E-state index in [-0.39, 0.29) is 0 Å². The summed E-state index contributed by atoms with van der Waals surface area (Å²) < 4.78 is 23.0. The lowest BCUT2D eigenvalue weighted by atomic mass is 10.1. The molecule has 1 atom stereocenters. The molecule has 0 radical (unpaired) electrons. The van der Waals surface area contributed by atoms with E-state index in [1.54, 1.807) is 20.8 Å². The van der Waals surface area contributed by atoms with Crippen molar-refractivity contribution in [1.82, 2.24) is 5.32 Å². The number of aliphatic carboxylic acids is 1. The molecule has 0 heterocycles. The number of carbonyl (C=O) groups excluding carboxylic acids is 1. The summed E-state index contributed by atoms with van der Waals surface area (Å²) in [5.74, 6) is -4.02. The van der Waals surface area contributed by atoms with Crippen LogP contribution in [0.15, 0.2) is 0 Å². The quantitative estimate of drug-likeness (QED) is 0.730. The summed E-state index contributed by atoms with van der Waals surface area (Å²) in [6.45, 7) is 6.49.